The molecule has 30 heavy (non-hydrogen) atoms. The molecule has 0 aliphatic carbocycles. The zero-order valence-corrected chi connectivity index (χ0v) is 18.8. The van der Waals surface area contributed by atoms with E-state index >= 15 is 0 Å². The molecule has 0 bridgehead atoms. The topological polar surface area (TPSA) is 81.0 Å². The summed E-state index contributed by atoms with van der Waals surface area (Å²) in [6, 6.07) is 9.52. The van der Waals surface area contributed by atoms with Crippen LogP contribution in [0.1, 0.15) is 16.8 Å². The lowest BCUT2D eigenvalue weighted by Gasteiger charge is -2.20. The van der Waals surface area contributed by atoms with Gasteiger partial charge in [0.05, 0.1) is 23.1 Å². The van der Waals surface area contributed by atoms with E-state index in [4.69, 9.17) is 0 Å². The van der Waals surface area contributed by atoms with Crippen molar-refractivity contribution in [2.75, 3.05) is 4.90 Å². The van der Waals surface area contributed by atoms with Crippen LogP contribution in [-0.2, 0) is 17.9 Å². The Morgan fingerprint density at radius 3 is 2.87 bits per heavy atom. The summed E-state index contributed by atoms with van der Waals surface area (Å²) in [4.78, 5) is 40.4. The SMILES string of the molecule is Cc1ncn(CC(=O)N(Cc2cccnc2)c2nc3ccc(Br)cc3s2)c(=O)c1C. The Morgan fingerprint density at radius 2 is 2.10 bits per heavy atom. The van der Waals surface area contributed by atoms with E-state index < -0.39 is 0 Å². The Balaban J connectivity index is 1.71. The van der Waals surface area contributed by atoms with Crippen LogP contribution in [0.25, 0.3) is 10.2 Å². The number of hydrogen-bond acceptors (Lipinski definition) is 6. The van der Waals surface area contributed by atoms with Gasteiger partial charge in [-0.05, 0) is 43.7 Å². The van der Waals surface area contributed by atoms with Crippen molar-refractivity contribution in [2.24, 2.45) is 0 Å². The van der Waals surface area contributed by atoms with Gasteiger partial charge in [0.2, 0.25) is 5.91 Å². The fourth-order valence-corrected chi connectivity index (χ4v) is 4.49. The molecular formula is C21H18BrN5O2S. The predicted molar refractivity (Wildman–Crippen MR) is 121 cm³/mol. The number of fused-ring (bicyclic) bond motifs is 1. The van der Waals surface area contributed by atoms with Crippen LogP contribution in [0.4, 0.5) is 5.13 Å². The van der Waals surface area contributed by atoms with E-state index in [0.717, 1.165) is 20.3 Å². The second kappa shape index (κ2) is 8.45. The first-order chi connectivity index (χ1) is 14.4. The average molecular weight is 484 g/mol. The van der Waals surface area contributed by atoms with Crippen LogP contribution in [0.3, 0.4) is 0 Å². The third-order valence-corrected chi connectivity index (χ3v) is 6.29. The maximum atomic E-state index is 13.3. The molecule has 0 saturated carbocycles. The molecule has 152 valence electrons. The van der Waals surface area contributed by atoms with Crippen LogP contribution < -0.4 is 10.5 Å². The van der Waals surface area contributed by atoms with Crippen LogP contribution in [-0.4, -0.2) is 25.4 Å². The van der Waals surface area contributed by atoms with Crippen molar-refractivity contribution in [1.82, 2.24) is 19.5 Å². The van der Waals surface area contributed by atoms with Gasteiger partial charge in [-0.3, -0.25) is 24.0 Å². The fourth-order valence-electron chi connectivity index (χ4n) is 2.96. The minimum atomic E-state index is -0.246. The number of aryl methyl sites for hydroxylation is 1. The summed E-state index contributed by atoms with van der Waals surface area (Å²) >= 11 is 4.90. The van der Waals surface area contributed by atoms with Crippen LogP contribution >= 0.6 is 27.3 Å². The molecule has 1 aromatic carbocycles. The third-order valence-electron chi connectivity index (χ3n) is 4.76. The number of carbonyl (C=O) groups excluding carboxylic acids is 1. The summed E-state index contributed by atoms with van der Waals surface area (Å²) in [7, 11) is 0. The minimum absolute atomic E-state index is 0.118. The molecule has 0 aliphatic heterocycles. The second-order valence-corrected chi connectivity index (χ2v) is 8.76. The monoisotopic (exact) mass is 483 g/mol. The van der Waals surface area contributed by atoms with Gasteiger partial charge in [-0.15, -0.1) is 0 Å². The number of anilines is 1. The minimum Gasteiger partial charge on any atom is -0.289 e. The molecule has 0 radical (unpaired) electrons. The van der Waals surface area contributed by atoms with Gasteiger partial charge in [0, 0.05) is 28.1 Å². The number of nitrogens with zero attached hydrogens (tertiary/aromatic N) is 5. The van der Waals surface area contributed by atoms with Crippen molar-refractivity contribution >= 4 is 48.5 Å². The number of aromatic nitrogens is 4. The Morgan fingerprint density at radius 1 is 1.27 bits per heavy atom. The van der Waals surface area contributed by atoms with Gasteiger partial charge < -0.3 is 0 Å². The highest BCUT2D eigenvalue weighted by molar-refractivity contribution is 9.10. The molecule has 1 amide bonds. The second-order valence-electron chi connectivity index (χ2n) is 6.84. The number of amides is 1. The Bertz CT molecular complexity index is 1290. The van der Waals surface area contributed by atoms with Gasteiger partial charge in [0.15, 0.2) is 5.13 Å². The van der Waals surface area contributed by atoms with Gasteiger partial charge in [0.25, 0.3) is 5.56 Å². The van der Waals surface area contributed by atoms with Gasteiger partial charge in [-0.25, -0.2) is 9.97 Å². The van der Waals surface area contributed by atoms with Crippen LogP contribution in [0.15, 0.2) is 58.3 Å². The largest absolute Gasteiger partial charge is 0.289 e. The number of benzene rings is 1. The zero-order chi connectivity index (χ0) is 21.3. The molecule has 3 heterocycles. The van der Waals surface area contributed by atoms with E-state index in [1.807, 2.05) is 30.3 Å². The number of pyridine rings is 1. The fraction of sp³-hybridized carbons (Fsp3) is 0.190. The summed E-state index contributed by atoms with van der Waals surface area (Å²) < 4.78 is 3.25. The summed E-state index contributed by atoms with van der Waals surface area (Å²) in [6.45, 7) is 3.68. The van der Waals surface area contributed by atoms with E-state index in [1.165, 1.54) is 22.2 Å². The quantitative estimate of drug-likeness (QED) is 0.430. The predicted octanol–water partition coefficient (Wildman–Crippen LogP) is 3.86. The van der Waals surface area contributed by atoms with Crippen molar-refractivity contribution < 1.29 is 4.79 Å². The Kier molecular flexibility index (Phi) is 5.74. The molecule has 9 heteroatoms. The molecule has 7 nitrogen and oxygen atoms in total. The molecule has 4 aromatic rings. The number of halogens is 1. The summed E-state index contributed by atoms with van der Waals surface area (Å²) in [6.07, 6.45) is 4.82. The van der Waals surface area contributed by atoms with Gasteiger partial charge in [-0.2, -0.15) is 0 Å². The molecule has 0 N–H and O–H groups in total. The molecule has 4 rings (SSSR count). The van der Waals surface area contributed by atoms with E-state index in [9.17, 15) is 9.59 Å². The van der Waals surface area contributed by atoms with E-state index in [1.54, 1.807) is 31.1 Å². The number of carbonyl (C=O) groups is 1. The highest BCUT2D eigenvalue weighted by Crippen LogP contribution is 2.31. The lowest BCUT2D eigenvalue weighted by Crippen LogP contribution is -2.37. The number of thiazole rings is 1. The lowest BCUT2D eigenvalue weighted by atomic mass is 10.2. The molecule has 0 saturated heterocycles. The summed E-state index contributed by atoms with van der Waals surface area (Å²) in [5.41, 5.74) is 2.66. The number of hydrogen-bond donors (Lipinski definition) is 0. The van der Waals surface area contributed by atoms with Crippen LogP contribution in [0, 0.1) is 13.8 Å². The summed E-state index contributed by atoms with van der Waals surface area (Å²) in [5, 5.41) is 0.571. The van der Waals surface area contributed by atoms with Crippen molar-refractivity contribution in [3.05, 3.63) is 80.7 Å². The molecule has 0 atom stereocenters. The number of rotatable bonds is 5. The van der Waals surface area contributed by atoms with E-state index in [-0.39, 0.29) is 18.0 Å². The molecule has 0 spiro atoms. The highest BCUT2D eigenvalue weighted by Gasteiger charge is 2.21. The standard InChI is InChI=1S/C21H18BrN5O2S/c1-13-14(2)24-12-26(20(13)29)11-19(28)27(10-15-4-3-7-23-9-15)21-25-17-6-5-16(22)8-18(17)30-21/h3-9,12H,10-11H2,1-2H3. The molecule has 0 fully saturated rings. The van der Waals surface area contributed by atoms with Crippen LogP contribution in [0.2, 0.25) is 0 Å². The van der Waals surface area contributed by atoms with Gasteiger partial charge >= 0.3 is 0 Å². The van der Waals surface area contributed by atoms with Gasteiger partial charge in [0.1, 0.15) is 6.54 Å². The van der Waals surface area contributed by atoms with Crippen molar-refractivity contribution in [3.63, 3.8) is 0 Å². The van der Waals surface area contributed by atoms with E-state index in [0.29, 0.717) is 22.9 Å². The first kappa shape index (κ1) is 20.4. The lowest BCUT2D eigenvalue weighted by molar-refractivity contribution is -0.119. The maximum absolute atomic E-state index is 13.3. The average Bonchev–Trinajstić information content (AvgIpc) is 3.16. The van der Waals surface area contributed by atoms with Crippen LogP contribution in [0.5, 0.6) is 0 Å². The molecule has 3 aromatic heterocycles. The summed E-state index contributed by atoms with van der Waals surface area (Å²) in [5.74, 6) is -0.246. The van der Waals surface area contributed by atoms with Crippen molar-refractivity contribution in [1.29, 1.82) is 0 Å². The van der Waals surface area contributed by atoms with Crippen molar-refractivity contribution in [2.45, 2.75) is 26.9 Å². The normalized spacial score (nSPS) is 11.0. The zero-order valence-electron chi connectivity index (χ0n) is 16.4. The van der Waals surface area contributed by atoms with Crippen molar-refractivity contribution in [3.8, 4) is 0 Å². The maximum Gasteiger partial charge on any atom is 0.256 e. The third kappa shape index (κ3) is 4.17. The Labute approximate surface area is 185 Å². The molecule has 0 aliphatic rings. The molecule has 0 unspecified atom stereocenters. The first-order valence-corrected chi connectivity index (χ1v) is 10.8. The van der Waals surface area contributed by atoms with E-state index in [2.05, 4.69) is 30.9 Å². The highest BCUT2D eigenvalue weighted by atomic mass is 79.9. The Hall–Kier alpha value is -2.91. The van der Waals surface area contributed by atoms with Gasteiger partial charge in [-0.1, -0.05) is 33.3 Å². The molecular weight excluding hydrogens is 466 g/mol. The first-order valence-electron chi connectivity index (χ1n) is 9.20. The smallest absolute Gasteiger partial charge is 0.256 e.